The van der Waals surface area contributed by atoms with Crippen LogP contribution in [0.15, 0.2) is 88.8 Å². The highest BCUT2D eigenvalue weighted by Gasteiger charge is 2.34. The average Bonchev–Trinajstić information content (AvgIpc) is 3.21. The number of rotatable bonds is 8. The highest BCUT2D eigenvalue weighted by molar-refractivity contribution is 8.18. The summed E-state index contributed by atoms with van der Waals surface area (Å²) < 4.78 is 0. The molecule has 0 aromatic heterocycles. The molecule has 3 aromatic carbocycles. The maximum absolute atomic E-state index is 13.8. The van der Waals surface area contributed by atoms with Crippen LogP contribution in [0.2, 0.25) is 0 Å². The minimum atomic E-state index is -0.0279. The summed E-state index contributed by atoms with van der Waals surface area (Å²) in [5, 5.41) is 0.748. The van der Waals surface area contributed by atoms with Crippen molar-refractivity contribution in [2.24, 2.45) is 4.99 Å². The summed E-state index contributed by atoms with van der Waals surface area (Å²) in [5.74, 6) is 0.0332. The molecule has 1 saturated heterocycles. The number of hydrogen-bond donors (Lipinski definition) is 0. The zero-order valence-corrected chi connectivity index (χ0v) is 25.1. The summed E-state index contributed by atoms with van der Waals surface area (Å²) in [5.41, 5.74) is 8.19. The van der Waals surface area contributed by atoms with Gasteiger partial charge < -0.3 is 4.90 Å². The van der Waals surface area contributed by atoms with Crippen LogP contribution in [0.4, 0.5) is 11.4 Å². The summed E-state index contributed by atoms with van der Waals surface area (Å²) in [6.45, 7) is 12.8. The molecule has 0 unspecified atom stereocenters. The lowest BCUT2D eigenvalue weighted by molar-refractivity contribution is -0.122. The van der Waals surface area contributed by atoms with Crippen molar-refractivity contribution in [3.8, 4) is 0 Å². The van der Waals surface area contributed by atoms with Crippen LogP contribution in [0.1, 0.15) is 62.8 Å². The predicted molar refractivity (Wildman–Crippen MR) is 172 cm³/mol. The molecular weight excluding hydrogens is 510 g/mol. The van der Waals surface area contributed by atoms with Crippen LogP contribution in [0.5, 0.6) is 0 Å². The SMILES string of the molecule is CCCN1c2cc(C)c(/C=C3/SC(=Nc4ccccc4)N(CCCc4ccccc4)C3=O)cc2C(C)=CC1(C)C. The summed E-state index contributed by atoms with van der Waals surface area (Å²) >= 11 is 1.48. The molecule has 0 aliphatic carbocycles. The van der Waals surface area contributed by atoms with Gasteiger partial charge in [-0.15, -0.1) is 0 Å². The fraction of sp³-hybridized carbons (Fsp3) is 0.314. The molecule has 0 spiro atoms. The molecule has 0 bridgehead atoms. The van der Waals surface area contributed by atoms with Gasteiger partial charge in [-0.25, -0.2) is 4.99 Å². The summed E-state index contributed by atoms with van der Waals surface area (Å²) in [4.78, 5) is 23.8. The van der Waals surface area contributed by atoms with Crippen molar-refractivity contribution in [1.29, 1.82) is 0 Å². The molecule has 0 radical (unpaired) electrons. The number of nitrogens with zero attached hydrogens (tertiary/aromatic N) is 3. The normalized spacial score (nSPS) is 18.4. The van der Waals surface area contributed by atoms with Crippen LogP contribution in [-0.2, 0) is 11.2 Å². The van der Waals surface area contributed by atoms with Gasteiger partial charge in [0.2, 0.25) is 0 Å². The fourth-order valence-corrected chi connectivity index (χ4v) is 6.68. The molecule has 40 heavy (non-hydrogen) atoms. The molecule has 5 heteroatoms. The van der Waals surface area contributed by atoms with E-state index in [9.17, 15) is 4.79 Å². The lowest BCUT2D eigenvalue weighted by Crippen LogP contribution is -2.45. The Labute approximate surface area is 243 Å². The second-order valence-corrected chi connectivity index (χ2v) is 12.3. The van der Waals surface area contributed by atoms with E-state index in [1.54, 1.807) is 0 Å². The number of para-hydroxylation sites is 1. The number of aliphatic imine (C=N–C) groups is 1. The lowest BCUT2D eigenvalue weighted by Gasteiger charge is -2.43. The van der Waals surface area contributed by atoms with Crippen molar-refractivity contribution in [2.75, 3.05) is 18.0 Å². The molecule has 0 N–H and O–H groups in total. The van der Waals surface area contributed by atoms with E-state index in [0.717, 1.165) is 47.1 Å². The number of amidine groups is 1. The van der Waals surface area contributed by atoms with Gasteiger partial charge in [-0.05, 0) is 111 Å². The molecule has 1 amide bonds. The Morgan fingerprint density at radius 3 is 2.35 bits per heavy atom. The Bertz CT molecular complexity index is 1470. The van der Waals surface area contributed by atoms with Gasteiger partial charge in [0, 0.05) is 24.3 Å². The van der Waals surface area contributed by atoms with Gasteiger partial charge in [0.25, 0.3) is 5.91 Å². The Balaban J connectivity index is 1.46. The van der Waals surface area contributed by atoms with Gasteiger partial charge in [-0.2, -0.15) is 0 Å². The molecule has 206 valence electrons. The molecule has 4 nitrogen and oxygen atoms in total. The standard InChI is InChI=1S/C35H39N3OS/c1-6-19-38-31-21-25(2)28(22-30(31)26(3)24-35(38,4)5)23-32-33(39)37(20-13-16-27-14-9-7-10-15-27)34(40-32)36-29-17-11-8-12-18-29/h7-12,14-15,17-18,21-24H,6,13,16,19-20H2,1-5H3/b32-23+,36-34?. The minimum absolute atomic E-state index is 0.0279. The fourth-order valence-electron chi connectivity index (χ4n) is 5.66. The van der Waals surface area contributed by atoms with Gasteiger partial charge in [0.15, 0.2) is 5.17 Å². The second kappa shape index (κ2) is 11.9. The summed E-state index contributed by atoms with van der Waals surface area (Å²) in [7, 11) is 0. The Morgan fingerprint density at radius 2 is 1.65 bits per heavy atom. The van der Waals surface area contributed by atoms with Crippen LogP contribution in [0.3, 0.4) is 0 Å². The van der Waals surface area contributed by atoms with Gasteiger partial charge in [-0.3, -0.25) is 9.69 Å². The topological polar surface area (TPSA) is 35.9 Å². The van der Waals surface area contributed by atoms with Crippen LogP contribution < -0.4 is 4.90 Å². The molecule has 3 aromatic rings. The maximum Gasteiger partial charge on any atom is 0.266 e. The van der Waals surface area contributed by atoms with E-state index in [1.807, 2.05) is 41.3 Å². The van der Waals surface area contributed by atoms with E-state index in [0.29, 0.717) is 6.54 Å². The number of hydrogen-bond acceptors (Lipinski definition) is 4. The molecule has 2 aliphatic heterocycles. The van der Waals surface area contributed by atoms with Crippen LogP contribution in [0, 0.1) is 6.92 Å². The van der Waals surface area contributed by atoms with Crippen molar-refractivity contribution in [3.05, 3.63) is 106 Å². The quantitative estimate of drug-likeness (QED) is 0.264. The van der Waals surface area contributed by atoms with Crippen molar-refractivity contribution in [2.45, 2.75) is 59.4 Å². The smallest absolute Gasteiger partial charge is 0.266 e. The molecule has 2 aliphatic rings. The number of fused-ring (bicyclic) bond motifs is 1. The zero-order chi connectivity index (χ0) is 28.3. The first-order chi connectivity index (χ1) is 19.3. The summed E-state index contributed by atoms with van der Waals surface area (Å²) in [6, 6.07) is 24.9. The van der Waals surface area contributed by atoms with Gasteiger partial charge >= 0.3 is 0 Å². The third kappa shape index (κ3) is 5.95. The molecule has 2 heterocycles. The van der Waals surface area contributed by atoms with Crippen molar-refractivity contribution in [1.82, 2.24) is 4.90 Å². The highest BCUT2D eigenvalue weighted by atomic mass is 32.2. The van der Waals surface area contributed by atoms with Crippen molar-refractivity contribution >= 4 is 45.9 Å². The Hall–Kier alpha value is -3.57. The second-order valence-electron chi connectivity index (χ2n) is 11.2. The zero-order valence-electron chi connectivity index (χ0n) is 24.3. The number of carbonyl (C=O) groups is 1. The van der Waals surface area contributed by atoms with Crippen molar-refractivity contribution in [3.63, 3.8) is 0 Å². The monoisotopic (exact) mass is 549 g/mol. The Morgan fingerprint density at radius 1 is 0.950 bits per heavy atom. The molecule has 0 atom stereocenters. The first kappa shape index (κ1) is 28.0. The molecular formula is C35H39N3OS. The molecule has 1 fully saturated rings. The number of amides is 1. The van der Waals surface area contributed by atoms with Gasteiger partial charge in [-0.1, -0.05) is 61.5 Å². The molecule has 0 saturated carbocycles. The minimum Gasteiger partial charge on any atom is -0.362 e. The molecule has 5 rings (SSSR count). The largest absolute Gasteiger partial charge is 0.362 e. The van der Waals surface area contributed by atoms with Crippen LogP contribution in [-0.4, -0.2) is 34.6 Å². The first-order valence-electron chi connectivity index (χ1n) is 14.3. The van der Waals surface area contributed by atoms with Crippen LogP contribution in [0.25, 0.3) is 11.6 Å². The highest BCUT2D eigenvalue weighted by Crippen LogP contribution is 2.42. The number of benzene rings is 3. The van der Waals surface area contributed by atoms with E-state index < -0.39 is 0 Å². The van der Waals surface area contributed by atoms with Gasteiger partial charge in [0.05, 0.1) is 16.1 Å². The van der Waals surface area contributed by atoms with Crippen molar-refractivity contribution < 1.29 is 4.79 Å². The third-order valence-corrected chi connectivity index (χ3v) is 8.66. The maximum atomic E-state index is 13.8. The van der Waals surface area contributed by atoms with Gasteiger partial charge in [0.1, 0.15) is 0 Å². The number of carbonyl (C=O) groups excluding carboxylic acids is 1. The van der Waals surface area contributed by atoms with E-state index in [4.69, 9.17) is 4.99 Å². The Kier molecular flexibility index (Phi) is 8.32. The summed E-state index contributed by atoms with van der Waals surface area (Å²) in [6.07, 6.45) is 7.33. The first-order valence-corrected chi connectivity index (χ1v) is 15.1. The van der Waals surface area contributed by atoms with E-state index in [-0.39, 0.29) is 11.4 Å². The predicted octanol–water partition coefficient (Wildman–Crippen LogP) is 8.64. The average molecular weight is 550 g/mol. The van der Waals surface area contributed by atoms with E-state index in [1.165, 1.54) is 39.7 Å². The van der Waals surface area contributed by atoms with E-state index in [2.05, 4.69) is 88.1 Å². The third-order valence-electron chi connectivity index (χ3n) is 7.66. The number of thioether (sulfide) groups is 1. The van der Waals surface area contributed by atoms with Crippen LogP contribution >= 0.6 is 11.8 Å². The number of allylic oxidation sites excluding steroid dienone is 1. The lowest BCUT2D eigenvalue weighted by atomic mass is 9.86. The van der Waals surface area contributed by atoms with E-state index >= 15 is 0 Å². The number of aryl methyl sites for hydroxylation is 2. The number of anilines is 1.